The highest BCUT2D eigenvalue weighted by Gasteiger charge is 2.27. The van der Waals surface area contributed by atoms with Crippen molar-refractivity contribution in [1.82, 2.24) is 10.2 Å². The summed E-state index contributed by atoms with van der Waals surface area (Å²) < 4.78 is 0. The molecule has 0 aromatic carbocycles. The second-order valence-electron chi connectivity index (χ2n) is 5.60. The monoisotopic (exact) mass is 266 g/mol. The van der Waals surface area contributed by atoms with E-state index < -0.39 is 5.97 Å². The molecule has 1 fully saturated rings. The molecule has 1 saturated carbocycles. The number of hydrogen-bond donors (Lipinski definition) is 2. The minimum Gasteiger partial charge on any atom is -0.481 e. The Hall–Kier alpha value is -1.52. The van der Waals surface area contributed by atoms with Crippen molar-refractivity contribution in [3.05, 3.63) is 11.6 Å². The lowest BCUT2D eigenvalue weighted by Gasteiger charge is -2.31. The summed E-state index contributed by atoms with van der Waals surface area (Å²) in [5, 5.41) is 12.0. The Morgan fingerprint density at radius 2 is 2.00 bits per heavy atom. The summed E-state index contributed by atoms with van der Waals surface area (Å²) in [5.74, 6) is -0.935. The van der Waals surface area contributed by atoms with Gasteiger partial charge in [0.25, 0.3) is 0 Å². The molecule has 5 nitrogen and oxygen atoms in total. The van der Waals surface area contributed by atoms with E-state index in [1.54, 1.807) is 0 Å². The number of nitrogens with one attached hydrogen (secondary N) is 1. The van der Waals surface area contributed by atoms with E-state index in [0.717, 1.165) is 25.8 Å². The van der Waals surface area contributed by atoms with Crippen LogP contribution in [0, 0.1) is 5.92 Å². The first kappa shape index (κ1) is 13.9. The molecule has 5 heteroatoms. The molecule has 0 atom stereocenters. The van der Waals surface area contributed by atoms with Crippen molar-refractivity contribution in [2.24, 2.45) is 5.92 Å². The Morgan fingerprint density at radius 1 is 1.32 bits per heavy atom. The standard InChI is InChI=1S/C14H22N2O3/c1-10-3-2-8-16(9-10)14(19)15-12-6-4-11(5-7-12)13(17)18/h3,11-12H,2,4-9H2,1H3,(H,15,19)(H,17,18). The summed E-state index contributed by atoms with van der Waals surface area (Å²) in [7, 11) is 0. The van der Waals surface area contributed by atoms with Crippen LogP contribution in [0.15, 0.2) is 11.6 Å². The molecule has 0 spiro atoms. The summed E-state index contributed by atoms with van der Waals surface area (Å²) in [4.78, 5) is 24.8. The SMILES string of the molecule is CC1=CCCN(C(=O)NC2CCC(C(=O)O)CC2)C1. The van der Waals surface area contributed by atoms with E-state index in [0.29, 0.717) is 19.4 Å². The number of urea groups is 1. The van der Waals surface area contributed by atoms with Gasteiger partial charge in [0.1, 0.15) is 0 Å². The number of carboxylic acids is 1. The van der Waals surface area contributed by atoms with Crippen LogP contribution in [-0.4, -0.2) is 41.1 Å². The number of amides is 2. The van der Waals surface area contributed by atoms with E-state index >= 15 is 0 Å². The summed E-state index contributed by atoms with van der Waals surface area (Å²) in [6, 6.07) is 0.125. The van der Waals surface area contributed by atoms with Gasteiger partial charge in [-0.25, -0.2) is 4.79 Å². The molecule has 0 saturated heterocycles. The van der Waals surface area contributed by atoms with Gasteiger partial charge in [-0.05, 0) is 39.0 Å². The van der Waals surface area contributed by atoms with Crippen molar-refractivity contribution >= 4 is 12.0 Å². The van der Waals surface area contributed by atoms with Gasteiger partial charge in [-0.2, -0.15) is 0 Å². The average molecular weight is 266 g/mol. The van der Waals surface area contributed by atoms with Gasteiger partial charge in [-0.3, -0.25) is 4.79 Å². The first-order chi connectivity index (χ1) is 9.06. The van der Waals surface area contributed by atoms with E-state index in [-0.39, 0.29) is 18.0 Å². The van der Waals surface area contributed by atoms with Crippen LogP contribution in [0.2, 0.25) is 0 Å². The fourth-order valence-corrected chi connectivity index (χ4v) is 2.84. The van der Waals surface area contributed by atoms with E-state index in [2.05, 4.69) is 11.4 Å². The minimum absolute atomic E-state index is 0.00812. The van der Waals surface area contributed by atoms with Gasteiger partial charge in [0.05, 0.1) is 5.92 Å². The normalized spacial score (nSPS) is 27.6. The molecule has 2 amide bonds. The molecule has 19 heavy (non-hydrogen) atoms. The summed E-state index contributed by atoms with van der Waals surface area (Å²) >= 11 is 0. The summed E-state index contributed by atoms with van der Waals surface area (Å²) in [6.45, 7) is 3.52. The van der Waals surface area contributed by atoms with E-state index in [1.165, 1.54) is 5.57 Å². The van der Waals surface area contributed by atoms with Crippen LogP contribution >= 0.6 is 0 Å². The predicted octanol–water partition coefficient (Wildman–Crippen LogP) is 1.99. The highest BCUT2D eigenvalue weighted by atomic mass is 16.4. The number of aliphatic carboxylic acids is 1. The topological polar surface area (TPSA) is 69.6 Å². The molecule has 1 heterocycles. The molecule has 0 aromatic heterocycles. The predicted molar refractivity (Wildman–Crippen MR) is 71.9 cm³/mol. The summed E-state index contributed by atoms with van der Waals surface area (Å²) in [6.07, 6.45) is 5.96. The second-order valence-corrected chi connectivity index (χ2v) is 5.60. The van der Waals surface area contributed by atoms with Crippen LogP contribution < -0.4 is 5.32 Å². The Kier molecular flexibility index (Phi) is 4.45. The van der Waals surface area contributed by atoms with Crippen LogP contribution in [0.3, 0.4) is 0 Å². The zero-order valence-electron chi connectivity index (χ0n) is 11.4. The number of rotatable bonds is 2. The number of carboxylic acid groups (broad SMARTS) is 1. The van der Waals surface area contributed by atoms with Gasteiger partial charge in [0.15, 0.2) is 0 Å². The zero-order valence-corrected chi connectivity index (χ0v) is 11.4. The van der Waals surface area contributed by atoms with Gasteiger partial charge >= 0.3 is 12.0 Å². The number of carbonyl (C=O) groups excluding carboxylic acids is 1. The average Bonchev–Trinajstić information content (AvgIpc) is 2.39. The van der Waals surface area contributed by atoms with Crippen LogP contribution in [0.1, 0.15) is 39.0 Å². The van der Waals surface area contributed by atoms with Crippen LogP contribution in [0.25, 0.3) is 0 Å². The smallest absolute Gasteiger partial charge is 0.317 e. The molecular formula is C14H22N2O3. The van der Waals surface area contributed by atoms with Gasteiger partial charge in [0, 0.05) is 19.1 Å². The molecule has 2 aliphatic rings. The quantitative estimate of drug-likeness (QED) is 0.751. The lowest BCUT2D eigenvalue weighted by atomic mass is 9.86. The molecule has 106 valence electrons. The molecule has 0 unspecified atom stereocenters. The Morgan fingerprint density at radius 3 is 2.58 bits per heavy atom. The molecule has 1 aliphatic carbocycles. The molecular weight excluding hydrogens is 244 g/mol. The number of nitrogens with zero attached hydrogens (tertiary/aromatic N) is 1. The molecule has 0 radical (unpaired) electrons. The van der Waals surface area contributed by atoms with Crippen molar-refractivity contribution in [2.45, 2.75) is 45.1 Å². The van der Waals surface area contributed by atoms with Crippen molar-refractivity contribution in [1.29, 1.82) is 0 Å². The van der Waals surface area contributed by atoms with Crippen molar-refractivity contribution in [3.8, 4) is 0 Å². The third-order valence-corrected chi connectivity index (χ3v) is 4.02. The molecule has 2 N–H and O–H groups in total. The van der Waals surface area contributed by atoms with E-state index in [1.807, 2.05) is 11.8 Å². The number of hydrogen-bond acceptors (Lipinski definition) is 2. The zero-order chi connectivity index (χ0) is 13.8. The van der Waals surface area contributed by atoms with Crippen LogP contribution in [0.4, 0.5) is 4.79 Å². The minimum atomic E-state index is -0.707. The molecule has 0 bridgehead atoms. The number of carbonyl (C=O) groups is 2. The second kappa shape index (κ2) is 6.08. The third kappa shape index (κ3) is 3.72. The maximum atomic E-state index is 12.1. The molecule has 0 aromatic rings. The largest absolute Gasteiger partial charge is 0.481 e. The van der Waals surface area contributed by atoms with E-state index in [4.69, 9.17) is 5.11 Å². The Labute approximate surface area is 113 Å². The van der Waals surface area contributed by atoms with Crippen LogP contribution in [0.5, 0.6) is 0 Å². The van der Waals surface area contributed by atoms with Gasteiger partial charge < -0.3 is 15.3 Å². The summed E-state index contributed by atoms with van der Waals surface area (Å²) in [5.41, 5.74) is 1.23. The van der Waals surface area contributed by atoms with Gasteiger partial charge in [-0.15, -0.1) is 0 Å². The first-order valence-electron chi connectivity index (χ1n) is 7.00. The van der Waals surface area contributed by atoms with Crippen molar-refractivity contribution in [2.75, 3.05) is 13.1 Å². The third-order valence-electron chi connectivity index (χ3n) is 4.02. The van der Waals surface area contributed by atoms with Crippen molar-refractivity contribution in [3.63, 3.8) is 0 Å². The highest BCUT2D eigenvalue weighted by molar-refractivity contribution is 5.75. The van der Waals surface area contributed by atoms with Gasteiger partial charge in [0.2, 0.25) is 0 Å². The fraction of sp³-hybridized carbons (Fsp3) is 0.714. The fourth-order valence-electron chi connectivity index (χ4n) is 2.84. The molecule has 1 aliphatic heterocycles. The maximum absolute atomic E-state index is 12.1. The Bertz CT molecular complexity index is 384. The Balaban J connectivity index is 1.78. The van der Waals surface area contributed by atoms with Crippen LogP contribution in [-0.2, 0) is 4.79 Å². The van der Waals surface area contributed by atoms with E-state index in [9.17, 15) is 9.59 Å². The van der Waals surface area contributed by atoms with Gasteiger partial charge in [-0.1, -0.05) is 11.6 Å². The lowest BCUT2D eigenvalue weighted by molar-refractivity contribution is -0.142. The highest BCUT2D eigenvalue weighted by Crippen LogP contribution is 2.24. The maximum Gasteiger partial charge on any atom is 0.317 e. The first-order valence-corrected chi connectivity index (χ1v) is 7.00. The van der Waals surface area contributed by atoms with Crippen molar-refractivity contribution < 1.29 is 14.7 Å². The lowest BCUT2D eigenvalue weighted by Crippen LogP contribution is -2.47. The molecule has 2 rings (SSSR count).